The van der Waals surface area contributed by atoms with Crippen LogP contribution in [0.1, 0.15) is 0 Å². The number of anilines is 1. The number of nitrogens with one attached hydrogen (secondary N) is 1. The van der Waals surface area contributed by atoms with E-state index in [2.05, 4.69) is 10.3 Å². The van der Waals surface area contributed by atoms with Crippen LogP contribution in [0, 0.1) is 0 Å². The van der Waals surface area contributed by atoms with Crippen LogP contribution in [0.15, 0.2) is 66.1 Å². The van der Waals surface area contributed by atoms with Gasteiger partial charge < -0.3 is 14.6 Å². The number of hydrogen-bond acceptors (Lipinski definition) is 4. The SMILES string of the molecule is Cn1ccnc1SCC(=O)Nc1ccc(Oc2ccccc2Cl)cc1. The lowest BCUT2D eigenvalue weighted by Gasteiger charge is -2.09. The molecule has 0 atom stereocenters. The van der Waals surface area contributed by atoms with Crippen LogP contribution in [0.2, 0.25) is 5.02 Å². The van der Waals surface area contributed by atoms with Crippen molar-refractivity contribution < 1.29 is 9.53 Å². The minimum absolute atomic E-state index is 0.0900. The van der Waals surface area contributed by atoms with Gasteiger partial charge in [-0.1, -0.05) is 35.5 Å². The summed E-state index contributed by atoms with van der Waals surface area (Å²) in [7, 11) is 1.89. The van der Waals surface area contributed by atoms with Gasteiger partial charge in [0.25, 0.3) is 0 Å². The van der Waals surface area contributed by atoms with Gasteiger partial charge in [0.05, 0.1) is 10.8 Å². The van der Waals surface area contributed by atoms with E-state index in [4.69, 9.17) is 16.3 Å². The molecule has 0 spiro atoms. The van der Waals surface area contributed by atoms with Gasteiger partial charge in [-0.25, -0.2) is 4.98 Å². The summed E-state index contributed by atoms with van der Waals surface area (Å²) < 4.78 is 7.59. The zero-order valence-electron chi connectivity index (χ0n) is 13.5. The minimum Gasteiger partial charge on any atom is -0.456 e. The van der Waals surface area contributed by atoms with Gasteiger partial charge in [0.1, 0.15) is 11.5 Å². The molecular formula is C18H16ClN3O2S. The molecule has 0 saturated heterocycles. The standard InChI is InChI=1S/C18H16ClN3O2S/c1-22-11-10-20-18(22)25-12-17(23)21-13-6-8-14(9-7-13)24-16-5-3-2-4-15(16)19/h2-11H,12H2,1H3,(H,21,23). The second kappa shape index (κ2) is 8.09. The van der Waals surface area contributed by atoms with E-state index in [1.165, 1.54) is 11.8 Å². The van der Waals surface area contributed by atoms with Crippen molar-refractivity contribution in [3.8, 4) is 11.5 Å². The highest BCUT2D eigenvalue weighted by atomic mass is 35.5. The number of carbonyl (C=O) groups is 1. The predicted molar refractivity (Wildman–Crippen MR) is 101 cm³/mol. The second-order valence-electron chi connectivity index (χ2n) is 5.21. The Morgan fingerprint density at radius 2 is 2.00 bits per heavy atom. The van der Waals surface area contributed by atoms with Crippen LogP contribution >= 0.6 is 23.4 Å². The van der Waals surface area contributed by atoms with Crippen LogP contribution in [-0.2, 0) is 11.8 Å². The third kappa shape index (κ3) is 4.78. The van der Waals surface area contributed by atoms with Gasteiger partial charge in [-0.3, -0.25) is 4.79 Å². The van der Waals surface area contributed by atoms with Gasteiger partial charge in [-0.05, 0) is 36.4 Å². The Morgan fingerprint density at radius 1 is 1.24 bits per heavy atom. The summed E-state index contributed by atoms with van der Waals surface area (Å²) in [5.41, 5.74) is 0.706. The molecule has 2 aromatic carbocycles. The summed E-state index contributed by atoms with van der Waals surface area (Å²) in [4.78, 5) is 16.2. The molecule has 128 valence electrons. The number of para-hydroxylation sites is 1. The van der Waals surface area contributed by atoms with Gasteiger partial charge in [-0.2, -0.15) is 0 Å². The van der Waals surface area contributed by atoms with Crippen molar-refractivity contribution in [1.29, 1.82) is 0 Å². The summed E-state index contributed by atoms with van der Waals surface area (Å²) in [5.74, 6) is 1.44. The molecule has 5 nitrogen and oxygen atoms in total. The highest BCUT2D eigenvalue weighted by molar-refractivity contribution is 7.99. The maximum absolute atomic E-state index is 12.0. The monoisotopic (exact) mass is 373 g/mol. The minimum atomic E-state index is -0.0900. The van der Waals surface area contributed by atoms with Crippen molar-refractivity contribution in [2.75, 3.05) is 11.1 Å². The maximum atomic E-state index is 12.0. The number of amides is 1. The molecule has 3 aromatic rings. The first-order valence-corrected chi connectivity index (χ1v) is 8.90. The third-order valence-electron chi connectivity index (χ3n) is 3.31. The molecule has 0 saturated carbocycles. The fourth-order valence-electron chi connectivity index (χ4n) is 2.08. The maximum Gasteiger partial charge on any atom is 0.234 e. The lowest BCUT2D eigenvalue weighted by Crippen LogP contribution is -2.14. The average Bonchev–Trinajstić information content (AvgIpc) is 3.02. The van der Waals surface area contributed by atoms with Crippen LogP contribution in [-0.4, -0.2) is 21.2 Å². The fourth-order valence-corrected chi connectivity index (χ4v) is 2.99. The Bertz CT molecular complexity index is 865. The van der Waals surface area contributed by atoms with Gasteiger partial charge in [0.15, 0.2) is 5.16 Å². The summed E-state index contributed by atoms with van der Waals surface area (Å²) in [6, 6.07) is 14.4. The van der Waals surface area contributed by atoms with Gasteiger partial charge in [0.2, 0.25) is 5.91 Å². The number of hydrogen-bond donors (Lipinski definition) is 1. The second-order valence-corrected chi connectivity index (χ2v) is 6.56. The van der Waals surface area contributed by atoms with E-state index in [1.54, 1.807) is 42.6 Å². The van der Waals surface area contributed by atoms with Crippen molar-refractivity contribution in [1.82, 2.24) is 9.55 Å². The Balaban J connectivity index is 1.54. The van der Waals surface area contributed by atoms with Crippen LogP contribution in [0.5, 0.6) is 11.5 Å². The number of benzene rings is 2. The van der Waals surface area contributed by atoms with Crippen molar-refractivity contribution in [3.63, 3.8) is 0 Å². The topological polar surface area (TPSA) is 56.2 Å². The number of halogens is 1. The van der Waals surface area contributed by atoms with Crippen LogP contribution in [0.25, 0.3) is 0 Å². The predicted octanol–water partition coefficient (Wildman–Crippen LogP) is 4.60. The Hall–Kier alpha value is -2.44. The highest BCUT2D eigenvalue weighted by Crippen LogP contribution is 2.29. The molecule has 3 rings (SSSR count). The van der Waals surface area contributed by atoms with E-state index in [-0.39, 0.29) is 5.91 Å². The van der Waals surface area contributed by atoms with Crippen LogP contribution in [0.3, 0.4) is 0 Å². The summed E-state index contributed by atoms with van der Waals surface area (Å²) >= 11 is 7.46. The lowest BCUT2D eigenvalue weighted by molar-refractivity contribution is -0.113. The van der Waals surface area contributed by atoms with Gasteiger partial charge in [0, 0.05) is 25.1 Å². The van der Waals surface area contributed by atoms with E-state index in [0.29, 0.717) is 28.0 Å². The number of aromatic nitrogens is 2. The smallest absolute Gasteiger partial charge is 0.234 e. The molecule has 0 aliphatic heterocycles. The quantitative estimate of drug-likeness (QED) is 0.642. The normalized spacial score (nSPS) is 10.5. The molecule has 7 heteroatoms. The molecule has 1 heterocycles. The average molecular weight is 374 g/mol. The molecule has 25 heavy (non-hydrogen) atoms. The number of aryl methyl sites for hydroxylation is 1. The first kappa shape index (κ1) is 17.4. The van der Waals surface area contributed by atoms with E-state index in [9.17, 15) is 4.79 Å². The van der Waals surface area contributed by atoms with Gasteiger partial charge >= 0.3 is 0 Å². The Morgan fingerprint density at radius 3 is 2.68 bits per heavy atom. The van der Waals surface area contributed by atoms with E-state index in [0.717, 1.165) is 5.16 Å². The van der Waals surface area contributed by atoms with Crippen molar-refractivity contribution in [2.24, 2.45) is 7.05 Å². The molecular weight excluding hydrogens is 358 g/mol. The number of ether oxygens (including phenoxy) is 1. The highest BCUT2D eigenvalue weighted by Gasteiger charge is 2.07. The van der Waals surface area contributed by atoms with Gasteiger partial charge in [-0.15, -0.1) is 0 Å². The summed E-state index contributed by atoms with van der Waals surface area (Å²) in [6.45, 7) is 0. The summed E-state index contributed by atoms with van der Waals surface area (Å²) in [5, 5.41) is 4.20. The molecule has 0 unspecified atom stereocenters. The largest absolute Gasteiger partial charge is 0.456 e. The molecule has 0 radical (unpaired) electrons. The number of thioether (sulfide) groups is 1. The zero-order chi connectivity index (χ0) is 17.6. The first-order chi connectivity index (χ1) is 12.1. The molecule has 0 aliphatic rings. The molecule has 1 N–H and O–H groups in total. The number of carbonyl (C=O) groups excluding carboxylic acids is 1. The molecule has 0 bridgehead atoms. The third-order valence-corrected chi connectivity index (χ3v) is 4.68. The Kier molecular flexibility index (Phi) is 5.63. The van der Waals surface area contributed by atoms with E-state index in [1.807, 2.05) is 29.9 Å². The van der Waals surface area contributed by atoms with E-state index < -0.39 is 0 Å². The summed E-state index contributed by atoms with van der Waals surface area (Å²) in [6.07, 6.45) is 3.55. The molecule has 0 fully saturated rings. The molecule has 1 amide bonds. The first-order valence-electron chi connectivity index (χ1n) is 7.54. The van der Waals surface area contributed by atoms with Crippen molar-refractivity contribution >= 4 is 35.0 Å². The number of nitrogens with zero attached hydrogens (tertiary/aromatic N) is 2. The molecule has 1 aromatic heterocycles. The molecule has 0 aliphatic carbocycles. The van der Waals surface area contributed by atoms with Crippen molar-refractivity contribution in [3.05, 3.63) is 65.9 Å². The van der Waals surface area contributed by atoms with Crippen LogP contribution in [0.4, 0.5) is 5.69 Å². The zero-order valence-corrected chi connectivity index (χ0v) is 15.1. The lowest BCUT2D eigenvalue weighted by atomic mass is 10.3. The van der Waals surface area contributed by atoms with E-state index >= 15 is 0 Å². The fraction of sp³-hybridized carbons (Fsp3) is 0.111. The Labute approximate surface area is 155 Å². The number of imidazole rings is 1. The van der Waals surface area contributed by atoms with Crippen LogP contribution < -0.4 is 10.1 Å². The number of rotatable bonds is 6. The van der Waals surface area contributed by atoms with Crippen molar-refractivity contribution in [2.45, 2.75) is 5.16 Å².